The number of unbranched alkanes of at least 4 members (excludes halogenated alkanes) is 1. The molecule has 0 radical (unpaired) electrons. The van der Waals surface area contributed by atoms with Crippen molar-refractivity contribution in [3.8, 4) is 0 Å². The number of nitrogens with zero attached hydrogens (tertiary/aromatic N) is 1. The van der Waals surface area contributed by atoms with Gasteiger partial charge < -0.3 is 75.0 Å². The summed E-state index contributed by atoms with van der Waals surface area (Å²) in [6.07, 6.45) is 2.03. The summed E-state index contributed by atoms with van der Waals surface area (Å²) in [5, 5.41) is 40.7. The molecule has 9 amide bonds. The van der Waals surface area contributed by atoms with E-state index in [0.717, 1.165) is 32.5 Å². The summed E-state index contributed by atoms with van der Waals surface area (Å²) >= 11 is 0. The van der Waals surface area contributed by atoms with Crippen LogP contribution in [-0.2, 0) is 94.4 Å². The number of carbonyl (C=O) groups excluding carboxylic acids is 13. The van der Waals surface area contributed by atoms with Gasteiger partial charge in [0.15, 0.2) is 11.7 Å². The number of aromatic amines is 2. The zero-order chi connectivity index (χ0) is 78.5. The van der Waals surface area contributed by atoms with Crippen LogP contribution in [-0.4, -0.2) is 169 Å². The van der Waals surface area contributed by atoms with E-state index in [-0.39, 0.29) is 94.1 Å². The first kappa shape index (κ1) is 83.6. The number of rotatable bonds is 21. The maximum atomic E-state index is 15.8. The first-order chi connectivity index (χ1) is 52.3. The number of hydrogen-bond acceptors (Lipinski definition) is 18. The van der Waals surface area contributed by atoms with Crippen molar-refractivity contribution in [3.63, 3.8) is 0 Å². The number of fused-ring (bicyclic) bond motifs is 6. The van der Waals surface area contributed by atoms with Gasteiger partial charge in [-0.1, -0.05) is 137 Å². The molecule has 2 saturated heterocycles. The van der Waals surface area contributed by atoms with Gasteiger partial charge >= 0.3 is 0 Å². The molecule has 2 aromatic heterocycles. The highest BCUT2D eigenvalue weighted by atomic mass is 33.1. The van der Waals surface area contributed by atoms with Crippen molar-refractivity contribution >= 4 is 121 Å². The molecule has 580 valence electrons. The van der Waals surface area contributed by atoms with E-state index in [1.807, 2.05) is 24.3 Å². The number of amidine groups is 1. The number of ketones is 4. The first-order valence-corrected chi connectivity index (χ1v) is 38.9. The van der Waals surface area contributed by atoms with Crippen LogP contribution in [0.3, 0.4) is 0 Å². The Morgan fingerprint density at radius 2 is 0.991 bits per heavy atom. The molecule has 0 unspecified atom stereocenters. The van der Waals surface area contributed by atoms with Gasteiger partial charge in [-0.25, -0.2) is 4.98 Å². The Hall–Kier alpha value is -11.0. The third-order valence-corrected chi connectivity index (χ3v) is 21.6. The summed E-state index contributed by atoms with van der Waals surface area (Å²) in [5.74, 6) is -16.5. The van der Waals surface area contributed by atoms with Crippen molar-refractivity contribution in [2.45, 2.75) is 165 Å². The number of H-pyrrole nitrogens is 2. The molecule has 6 aromatic rings. The van der Waals surface area contributed by atoms with E-state index < -0.39 is 180 Å². The molecule has 30 nitrogen and oxygen atoms in total. The van der Waals surface area contributed by atoms with Crippen LogP contribution < -0.4 is 65.1 Å². The first-order valence-electron chi connectivity index (χ1n) is 36.4. The van der Waals surface area contributed by atoms with E-state index in [4.69, 9.17) is 28.0 Å². The van der Waals surface area contributed by atoms with Gasteiger partial charge in [0.2, 0.25) is 53.2 Å². The van der Waals surface area contributed by atoms with Crippen LogP contribution in [0.2, 0.25) is 0 Å². The average Bonchev–Trinajstić information content (AvgIpc) is 1.71. The smallest absolute Gasteiger partial charge is 0.244 e. The minimum absolute atomic E-state index is 0.00131. The summed E-state index contributed by atoms with van der Waals surface area (Å²) in [7, 11) is 2.00. The molecule has 19 N–H and O–H groups in total. The van der Waals surface area contributed by atoms with Gasteiger partial charge in [-0.05, 0) is 80.7 Å². The number of para-hydroxylation sites is 1. The maximum Gasteiger partial charge on any atom is 0.244 e. The Balaban J connectivity index is 1.26. The number of hydrogen-bond donors (Lipinski definition) is 16. The predicted octanol–water partition coefficient (Wildman–Crippen LogP) is 2.67. The molecule has 2 aliphatic heterocycles. The number of Topliss-reactive ketones (excluding diaryl/α,β-unsaturated/α-hetero) is 4. The molecule has 4 aromatic carbocycles. The van der Waals surface area contributed by atoms with Gasteiger partial charge in [-0.2, -0.15) is 0 Å². The summed E-state index contributed by atoms with van der Waals surface area (Å²) in [6, 6.07) is 21.2. The van der Waals surface area contributed by atoms with Crippen molar-refractivity contribution in [3.05, 3.63) is 162 Å². The summed E-state index contributed by atoms with van der Waals surface area (Å²) in [4.78, 5) is 204. The van der Waals surface area contributed by atoms with E-state index in [2.05, 4.69) is 62.8 Å². The van der Waals surface area contributed by atoms with Crippen molar-refractivity contribution < 1.29 is 62.3 Å². The van der Waals surface area contributed by atoms with Crippen molar-refractivity contribution in [1.82, 2.24) is 62.8 Å². The van der Waals surface area contributed by atoms with E-state index in [0.29, 0.717) is 34.4 Å². The zero-order valence-corrected chi connectivity index (χ0v) is 62.5. The second-order valence-corrected chi connectivity index (χ2v) is 30.2. The molecule has 32 heteroatoms. The quantitative estimate of drug-likeness (QED) is 0.0213. The molecule has 2 aliphatic rings. The Labute approximate surface area is 639 Å². The Morgan fingerprint density at radius 1 is 0.477 bits per heavy atom. The fourth-order valence-corrected chi connectivity index (χ4v) is 15.6. The van der Waals surface area contributed by atoms with Crippen LogP contribution in [0.4, 0.5) is 0 Å². The van der Waals surface area contributed by atoms with E-state index >= 15 is 28.8 Å². The lowest BCUT2D eigenvalue weighted by molar-refractivity contribution is -0.137. The Bertz CT molecular complexity index is 4190. The summed E-state index contributed by atoms with van der Waals surface area (Å²) in [5.41, 5.74) is 20.6. The molecule has 0 spiro atoms. The largest absolute Gasteiger partial charge is 0.388 e. The zero-order valence-electron chi connectivity index (χ0n) is 60.9. The topological polar surface area (TPSA) is 500 Å². The highest BCUT2D eigenvalue weighted by Gasteiger charge is 2.39. The fourth-order valence-electron chi connectivity index (χ4n) is 13.1. The van der Waals surface area contributed by atoms with Crippen LogP contribution in [0.1, 0.15) is 112 Å². The number of imidazole rings is 1. The van der Waals surface area contributed by atoms with Gasteiger partial charge in [0.25, 0.3) is 0 Å². The average molecular weight is 1530 g/mol. The van der Waals surface area contributed by atoms with E-state index in [1.54, 1.807) is 97.2 Å². The minimum Gasteiger partial charge on any atom is -0.388 e. The summed E-state index contributed by atoms with van der Waals surface area (Å²) < 4.78 is 0. The summed E-state index contributed by atoms with van der Waals surface area (Å²) in [6.45, 7) is 2.66. The van der Waals surface area contributed by atoms with Crippen LogP contribution in [0.25, 0.3) is 10.9 Å². The standard InChI is InChI=1S/C77H97N17O13S2/c1-44-69(100)90-60(37-54-40-83-43-86-54)75(106)92-59(31-48-21-10-5-11-22-48)73(104)89-57(26-14-15-27-67(78)79)66(98)34-50(32-52-39-85-56-25-13-12-24-55(52)56)64(96)36-53-41-108-109-42-62(76(107)88-44)94-70(101)45(2)87-72(103)61(38-68(80)99)93-74(105)58(30-47-19-8-4-9-20-47)91-71(102)51(29-46-17-6-3-7-18-46)35-63(95)49(33-65(53)97)23-16-28-84-77(81)82/h3-13,17-22,24-25,39-40,43-45,49-51,53,57-62,85H,14-16,23,26-38,41-42H2,1-2H3,(H3,78,79)(H2,80,99)(H,83,86)(H,87,103)(H,88,107)(H,89,104)(H,90,100)(H,91,102)(H,92,106)(H,93,105)(H,94,101)(H4,81,82,84)/t44-,45-,49+,50+,51+,53-,57-,58-,59+,60-,61-,62-/m0/s1. The Kier molecular flexibility index (Phi) is 32.2. The highest BCUT2D eigenvalue weighted by molar-refractivity contribution is 8.76. The fraction of sp³-hybridized carbons (Fsp3) is 0.429. The number of nitrogens with two attached hydrogens (primary N) is 3. The van der Waals surface area contributed by atoms with Crippen molar-refractivity contribution in [1.29, 1.82) is 10.8 Å². The van der Waals surface area contributed by atoms with Gasteiger partial charge in [0.1, 0.15) is 59.6 Å². The molecule has 2 fully saturated rings. The monoisotopic (exact) mass is 1530 g/mol. The van der Waals surface area contributed by atoms with Crippen LogP contribution in [0.15, 0.2) is 134 Å². The second kappa shape index (κ2) is 41.9. The van der Waals surface area contributed by atoms with Gasteiger partial charge in [0, 0.05) is 116 Å². The number of primary amides is 1. The molecule has 4 heterocycles. The molecule has 0 saturated carbocycles. The molecule has 109 heavy (non-hydrogen) atoms. The Morgan fingerprint density at radius 3 is 1.60 bits per heavy atom. The third kappa shape index (κ3) is 26.7. The maximum absolute atomic E-state index is 15.8. The molecule has 12 atom stereocenters. The van der Waals surface area contributed by atoms with Gasteiger partial charge in [0.05, 0.1) is 30.3 Å². The number of benzene rings is 4. The SMILES string of the molecule is C[C@@H]1NC(=O)[C@@H]2CSSC[C@H](CC(=O)[C@H](Cc3c[nH]c4ccccc34)CC(=O)[C@H](CCCCC(=N)N)NC(=O)[C@@H](Cc3ccccc3)NC(=O)[C@H](Cc3c[nH]cn3)NC1=O)C(=O)C[C@@H](CCCNC(=N)N)C(=O)C[C@@H](Cc1ccccc1)C(=O)N[C@@H](Cc1ccccc1)C(=O)N[C@@H](CC(N)=O)C(=O)N[C@@H](C)C(=O)N2. The van der Waals surface area contributed by atoms with Gasteiger partial charge in [-0.3, -0.25) is 73.1 Å². The van der Waals surface area contributed by atoms with Gasteiger partial charge in [-0.15, -0.1) is 0 Å². The van der Waals surface area contributed by atoms with E-state index in [9.17, 15) is 33.6 Å². The second-order valence-electron chi connectivity index (χ2n) is 27.7. The lowest BCUT2D eigenvalue weighted by atomic mass is 9.80. The minimum atomic E-state index is -1.76. The lowest BCUT2D eigenvalue weighted by Gasteiger charge is -2.27. The number of aromatic nitrogens is 3. The third-order valence-electron chi connectivity index (χ3n) is 19.1. The molecule has 0 aliphatic carbocycles. The normalized spacial score (nSPS) is 24.2. The van der Waals surface area contributed by atoms with Crippen LogP contribution in [0.5, 0.6) is 0 Å². The van der Waals surface area contributed by atoms with Crippen molar-refractivity contribution in [2.75, 3.05) is 18.1 Å². The molecular weight excluding hydrogens is 1440 g/mol. The van der Waals surface area contributed by atoms with E-state index in [1.165, 1.54) is 26.4 Å². The van der Waals surface area contributed by atoms with Crippen LogP contribution in [0, 0.1) is 34.5 Å². The molecular formula is C77H97N17O13S2. The lowest BCUT2D eigenvalue weighted by Crippen LogP contribution is -2.60. The number of carbonyl (C=O) groups is 13. The number of amides is 9. The number of guanidine groups is 1. The highest BCUT2D eigenvalue weighted by Crippen LogP contribution is 2.33. The number of nitrogens with one attached hydrogen (secondary N) is 13. The molecule has 8 rings (SSSR count). The van der Waals surface area contributed by atoms with Crippen molar-refractivity contribution in [2.24, 2.45) is 40.9 Å². The van der Waals surface area contributed by atoms with Crippen LogP contribution >= 0.6 is 21.6 Å². The molecule has 2 bridgehead atoms. The predicted molar refractivity (Wildman–Crippen MR) is 412 cm³/mol.